The first-order valence-electron chi connectivity index (χ1n) is 7.04. The number of fused-ring (bicyclic) bond motifs is 1. The molecule has 3 rings (SSSR count). The minimum Gasteiger partial charge on any atom is -0.384 e. The summed E-state index contributed by atoms with van der Waals surface area (Å²) in [6.45, 7) is 2.41. The first-order valence-corrected chi connectivity index (χ1v) is 7.04. The molecule has 0 radical (unpaired) electrons. The molecular formula is C17H15F2N3. The van der Waals surface area contributed by atoms with Gasteiger partial charge in [-0.3, -0.25) is 4.98 Å². The number of aryl methyl sites for hydroxylation is 1. The predicted molar refractivity (Wildman–Crippen MR) is 82.8 cm³/mol. The molecule has 0 aliphatic rings. The van der Waals surface area contributed by atoms with Crippen molar-refractivity contribution in [2.45, 2.75) is 13.3 Å². The highest BCUT2D eigenvalue weighted by atomic mass is 19.2. The molecule has 1 N–H and O–H groups in total. The van der Waals surface area contributed by atoms with Gasteiger partial charge in [0.25, 0.3) is 0 Å². The summed E-state index contributed by atoms with van der Waals surface area (Å²) in [6, 6.07) is 10.3. The number of anilines is 1. The molecule has 0 bridgehead atoms. The Hall–Kier alpha value is -2.56. The molecule has 0 saturated carbocycles. The molecule has 3 aromatic rings. The molecule has 0 unspecified atom stereocenters. The van der Waals surface area contributed by atoms with Crippen molar-refractivity contribution >= 4 is 16.6 Å². The molecule has 0 saturated heterocycles. The standard InChI is InChI=1S/C17H15F2N3/c1-11-10-15(21-9-7-12-4-2-3-8-20-12)13-5-6-14(18)16(19)17(13)22-11/h2-6,8,10H,7,9H2,1H3,(H,21,22). The zero-order valence-electron chi connectivity index (χ0n) is 12.1. The van der Waals surface area contributed by atoms with Crippen molar-refractivity contribution in [2.24, 2.45) is 0 Å². The summed E-state index contributed by atoms with van der Waals surface area (Å²) in [7, 11) is 0. The lowest BCUT2D eigenvalue weighted by atomic mass is 10.1. The average Bonchev–Trinajstić information content (AvgIpc) is 2.52. The Balaban J connectivity index is 1.86. The van der Waals surface area contributed by atoms with Gasteiger partial charge in [-0.15, -0.1) is 0 Å². The Morgan fingerprint density at radius 2 is 2.00 bits per heavy atom. The number of pyridine rings is 2. The average molecular weight is 299 g/mol. The number of hydrogen-bond donors (Lipinski definition) is 1. The summed E-state index contributed by atoms with van der Waals surface area (Å²) in [6.07, 6.45) is 2.49. The van der Waals surface area contributed by atoms with Crippen molar-refractivity contribution in [3.8, 4) is 0 Å². The van der Waals surface area contributed by atoms with Gasteiger partial charge in [-0.25, -0.2) is 13.8 Å². The Morgan fingerprint density at radius 3 is 2.77 bits per heavy atom. The van der Waals surface area contributed by atoms with E-state index in [1.54, 1.807) is 19.2 Å². The second kappa shape index (κ2) is 6.05. The third-order valence-corrected chi connectivity index (χ3v) is 3.42. The van der Waals surface area contributed by atoms with Gasteiger partial charge in [-0.05, 0) is 37.3 Å². The minimum absolute atomic E-state index is 0.0559. The third kappa shape index (κ3) is 2.88. The minimum atomic E-state index is -0.908. The highest BCUT2D eigenvalue weighted by Crippen LogP contribution is 2.26. The lowest BCUT2D eigenvalue weighted by Gasteiger charge is -2.11. The van der Waals surface area contributed by atoms with E-state index in [1.807, 2.05) is 24.3 Å². The number of benzene rings is 1. The van der Waals surface area contributed by atoms with Gasteiger partial charge < -0.3 is 5.32 Å². The van der Waals surface area contributed by atoms with E-state index in [-0.39, 0.29) is 5.52 Å². The van der Waals surface area contributed by atoms with Crippen LogP contribution in [-0.2, 0) is 6.42 Å². The molecule has 3 nitrogen and oxygen atoms in total. The van der Waals surface area contributed by atoms with Crippen LogP contribution in [0, 0.1) is 18.6 Å². The van der Waals surface area contributed by atoms with Crippen molar-refractivity contribution in [3.63, 3.8) is 0 Å². The smallest absolute Gasteiger partial charge is 0.185 e. The molecule has 1 aromatic carbocycles. The van der Waals surface area contributed by atoms with E-state index < -0.39 is 11.6 Å². The summed E-state index contributed by atoms with van der Waals surface area (Å²) >= 11 is 0. The Bertz CT molecular complexity index is 804. The fourth-order valence-corrected chi connectivity index (χ4v) is 2.38. The van der Waals surface area contributed by atoms with Crippen LogP contribution in [0.5, 0.6) is 0 Å². The molecule has 0 aliphatic carbocycles. The quantitative estimate of drug-likeness (QED) is 0.794. The van der Waals surface area contributed by atoms with Crippen LogP contribution in [0.3, 0.4) is 0 Å². The summed E-state index contributed by atoms with van der Waals surface area (Å²) in [5, 5.41) is 3.83. The van der Waals surface area contributed by atoms with E-state index in [2.05, 4.69) is 15.3 Å². The maximum Gasteiger partial charge on any atom is 0.185 e. The van der Waals surface area contributed by atoms with Crippen LogP contribution < -0.4 is 5.32 Å². The van der Waals surface area contributed by atoms with Gasteiger partial charge in [0, 0.05) is 41.6 Å². The summed E-state index contributed by atoms with van der Waals surface area (Å²) in [5.41, 5.74) is 2.41. The Morgan fingerprint density at radius 1 is 1.14 bits per heavy atom. The van der Waals surface area contributed by atoms with E-state index in [0.717, 1.165) is 23.9 Å². The van der Waals surface area contributed by atoms with Crippen LogP contribution in [0.15, 0.2) is 42.6 Å². The maximum absolute atomic E-state index is 13.9. The number of aromatic nitrogens is 2. The molecule has 22 heavy (non-hydrogen) atoms. The highest BCUT2D eigenvalue weighted by molar-refractivity contribution is 5.91. The number of halogens is 2. The third-order valence-electron chi connectivity index (χ3n) is 3.42. The first kappa shape index (κ1) is 14.4. The van der Waals surface area contributed by atoms with E-state index in [4.69, 9.17) is 0 Å². The zero-order valence-corrected chi connectivity index (χ0v) is 12.1. The molecular weight excluding hydrogens is 284 g/mol. The van der Waals surface area contributed by atoms with Gasteiger partial charge in [-0.2, -0.15) is 0 Å². The van der Waals surface area contributed by atoms with E-state index in [0.29, 0.717) is 17.6 Å². The number of nitrogens with one attached hydrogen (secondary N) is 1. The molecule has 0 spiro atoms. The molecule has 0 amide bonds. The molecule has 112 valence electrons. The topological polar surface area (TPSA) is 37.8 Å². The molecule has 0 atom stereocenters. The van der Waals surface area contributed by atoms with Crippen molar-refractivity contribution in [2.75, 3.05) is 11.9 Å². The van der Waals surface area contributed by atoms with Gasteiger partial charge in [0.2, 0.25) is 0 Å². The second-order valence-corrected chi connectivity index (χ2v) is 5.07. The van der Waals surface area contributed by atoms with Crippen molar-refractivity contribution in [1.29, 1.82) is 0 Å². The van der Waals surface area contributed by atoms with Gasteiger partial charge in [0.15, 0.2) is 11.6 Å². The molecule has 5 heteroatoms. The van der Waals surface area contributed by atoms with E-state index in [1.165, 1.54) is 0 Å². The molecule has 2 heterocycles. The van der Waals surface area contributed by atoms with Crippen LogP contribution in [0.25, 0.3) is 10.9 Å². The maximum atomic E-state index is 13.9. The Labute approximate surface area is 127 Å². The van der Waals surface area contributed by atoms with Crippen LogP contribution in [0.4, 0.5) is 14.5 Å². The van der Waals surface area contributed by atoms with Crippen molar-refractivity contribution in [3.05, 3.63) is 65.6 Å². The monoisotopic (exact) mass is 299 g/mol. The van der Waals surface area contributed by atoms with Gasteiger partial charge >= 0.3 is 0 Å². The normalized spacial score (nSPS) is 10.9. The van der Waals surface area contributed by atoms with Crippen LogP contribution in [0.2, 0.25) is 0 Å². The molecule has 2 aromatic heterocycles. The number of nitrogens with zero attached hydrogens (tertiary/aromatic N) is 2. The van der Waals surface area contributed by atoms with Crippen LogP contribution in [0.1, 0.15) is 11.4 Å². The second-order valence-electron chi connectivity index (χ2n) is 5.07. The first-order chi connectivity index (χ1) is 10.6. The molecule has 0 fully saturated rings. The fraction of sp³-hybridized carbons (Fsp3) is 0.176. The van der Waals surface area contributed by atoms with Gasteiger partial charge in [-0.1, -0.05) is 6.07 Å². The Kier molecular flexibility index (Phi) is 3.96. The van der Waals surface area contributed by atoms with Gasteiger partial charge in [0.05, 0.1) is 0 Å². The zero-order chi connectivity index (χ0) is 15.5. The summed E-state index contributed by atoms with van der Waals surface area (Å²) < 4.78 is 27.2. The SMILES string of the molecule is Cc1cc(NCCc2ccccn2)c2ccc(F)c(F)c2n1. The lowest BCUT2D eigenvalue weighted by molar-refractivity contribution is 0.515. The number of hydrogen-bond acceptors (Lipinski definition) is 3. The highest BCUT2D eigenvalue weighted by Gasteiger charge is 2.12. The van der Waals surface area contributed by atoms with E-state index >= 15 is 0 Å². The van der Waals surface area contributed by atoms with Crippen LogP contribution >= 0.6 is 0 Å². The fourth-order valence-electron chi connectivity index (χ4n) is 2.38. The van der Waals surface area contributed by atoms with Crippen molar-refractivity contribution in [1.82, 2.24) is 9.97 Å². The lowest BCUT2D eigenvalue weighted by Crippen LogP contribution is -2.07. The predicted octanol–water partition coefficient (Wildman–Crippen LogP) is 3.87. The van der Waals surface area contributed by atoms with Crippen molar-refractivity contribution < 1.29 is 8.78 Å². The summed E-state index contributed by atoms with van der Waals surface area (Å²) in [4.78, 5) is 8.35. The van der Waals surface area contributed by atoms with Crippen LogP contribution in [-0.4, -0.2) is 16.5 Å². The molecule has 0 aliphatic heterocycles. The van der Waals surface area contributed by atoms with Gasteiger partial charge in [0.1, 0.15) is 5.52 Å². The van der Waals surface area contributed by atoms with E-state index in [9.17, 15) is 8.78 Å². The summed E-state index contributed by atoms with van der Waals surface area (Å²) in [5.74, 6) is -1.79. The largest absolute Gasteiger partial charge is 0.384 e. The number of rotatable bonds is 4.